The molecular weight excluding hydrogens is 331 g/mol. The predicted octanol–water partition coefficient (Wildman–Crippen LogP) is 4.90. The molecule has 140 valence electrons. The van der Waals surface area contributed by atoms with Crippen LogP contribution in [-0.2, 0) is 27.4 Å². The first-order chi connectivity index (χ1) is 12.7. The monoisotopic (exact) mass is 358 g/mol. The second kappa shape index (κ2) is 9.26. The standard InChI is InChI=1S/C22H27FO3/c1-3-19-16(2)21(24-14-17-10-6-4-7-11-17)20(23)22(26-19)25-15-18-12-8-5-9-13-18/h4-13,16,19-22H,3,14-15H2,1-2H3/t16-,19-,20-,21+,22?/m1/s1. The minimum absolute atomic E-state index is 0.0321. The van der Waals surface area contributed by atoms with Gasteiger partial charge in [0.05, 0.1) is 25.4 Å². The molecule has 1 aliphatic heterocycles. The van der Waals surface area contributed by atoms with Crippen molar-refractivity contribution in [2.45, 2.75) is 58.2 Å². The average Bonchev–Trinajstić information content (AvgIpc) is 2.69. The summed E-state index contributed by atoms with van der Waals surface area (Å²) in [4.78, 5) is 0. The van der Waals surface area contributed by atoms with Crippen LogP contribution in [0.25, 0.3) is 0 Å². The van der Waals surface area contributed by atoms with Gasteiger partial charge in [-0.1, -0.05) is 74.5 Å². The van der Waals surface area contributed by atoms with Gasteiger partial charge < -0.3 is 14.2 Å². The first kappa shape index (κ1) is 19.0. The maximum atomic E-state index is 15.1. The first-order valence-corrected chi connectivity index (χ1v) is 9.29. The minimum atomic E-state index is -1.32. The predicted molar refractivity (Wildman–Crippen MR) is 99.3 cm³/mol. The van der Waals surface area contributed by atoms with Crippen molar-refractivity contribution in [3.63, 3.8) is 0 Å². The highest BCUT2D eigenvalue weighted by Crippen LogP contribution is 2.33. The Balaban J connectivity index is 1.64. The number of ether oxygens (including phenoxy) is 3. The summed E-state index contributed by atoms with van der Waals surface area (Å²) < 4.78 is 32.7. The van der Waals surface area contributed by atoms with E-state index in [1.54, 1.807) is 0 Å². The van der Waals surface area contributed by atoms with Crippen molar-refractivity contribution in [1.29, 1.82) is 0 Å². The Bertz CT molecular complexity index is 649. The molecule has 3 rings (SSSR count). The molecule has 0 radical (unpaired) electrons. The van der Waals surface area contributed by atoms with E-state index in [2.05, 4.69) is 0 Å². The summed E-state index contributed by atoms with van der Waals surface area (Å²) in [5.41, 5.74) is 2.03. The van der Waals surface area contributed by atoms with Crippen LogP contribution >= 0.6 is 0 Å². The molecule has 0 amide bonds. The zero-order chi connectivity index (χ0) is 18.4. The summed E-state index contributed by atoms with van der Waals surface area (Å²) in [5.74, 6) is -0.0321. The van der Waals surface area contributed by atoms with Crippen LogP contribution in [0.15, 0.2) is 60.7 Å². The summed E-state index contributed by atoms with van der Waals surface area (Å²) in [5, 5.41) is 0. The van der Waals surface area contributed by atoms with Gasteiger partial charge in [-0.05, 0) is 17.5 Å². The zero-order valence-electron chi connectivity index (χ0n) is 15.4. The molecule has 1 aliphatic rings. The lowest BCUT2D eigenvalue weighted by molar-refractivity contribution is -0.279. The fraction of sp³-hybridized carbons (Fsp3) is 0.455. The topological polar surface area (TPSA) is 27.7 Å². The van der Waals surface area contributed by atoms with Crippen molar-refractivity contribution in [2.24, 2.45) is 5.92 Å². The molecule has 2 aromatic rings. The van der Waals surface area contributed by atoms with E-state index in [0.717, 1.165) is 17.5 Å². The Morgan fingerprint density at radius 2 is 1.42 bits per heavy atom. The van der Waals surface area contributed by atoms with Crippen LogP contribution in [0.1, 0.15) is 31.4 Å². The number of hydrogen-bond acceptors (Lipinski definition) is 3. The number of halogens is 1. The molecule has 0 spiro atoms. The van der Waals surface area contributed by atoms with Gasteiger partial charge in [-0.25, -0.2) is 4.39 Å². The fourth-order valence-corrected chi connectivity index (χ4v) is 3.39. The normalized spacial score (nSPS) is 28.8. The molecule has 26 heavy (non-hydrogen) atoms. The molecule has 0 aliphatic carbocycles. The van der Waals surface area contributed by atoms with E-state index in [-0.39, 0.29) is 12.0 Å². The molecule has 0 N–H and O–H groups in total. The molecule has 4 heteroatoms. The van der Waals surface area contributed by atoms with E-state index in [0.29, 0.717) is 13.2 Å². The van der Waals surface area contributed by atoms with Gasteiger partial charge >= 0.3 is 0 Å². The van der Waals surface area contributed by atoms with Crippen molar-refractivity contribution in [2.75, 3.05) is 0 Å². The zero-order valence-corrected chi connectivity index (χ0v) is 15.4. The summed E-state index contributed by atoms with van der Waals surface area (Å²) in [6.07, 6.45) is -2.06. The summed E-state index contributed by atoms with van der Waals surface area (Å²) in [6, 6.07) is 19.6. The van der Waals surface area contributed by atoms with Gasteiger partial charge in [0.2, 0.25) is 0 Å². The summed E-state index contributed by atoms with van der Waals surface area (Å²) >= 11 is 0. The average molecular weight is 358 g/mol. The van der Waals surface area contributed by atoms with Crippen LogP contribution < -0.4 is 0 Å². The van der Waals surface area contributed by atoms with Crippen LogP contribution in [0.2, 0.25) is 0 Å². The van der Waals surface area contributed by atoms with Gasteiger partial charge in [0.1, 0.15) is 0 Å². The molecule has 1 saturated heterocycles. The Labute approximate surface area is 155 Å². The van der Waals surface area contributed by atoms with E-state index in [1.807, 2.05) is 74.5 Å². The van der Waals surface area contributed by atoms with E-state index in [4.69, 9.17) is 14.2 Å². The molecule has 1 unspecified atom stereocenters. The molecule has 5 atom stereocenters. The molecule has 0 saturated carbocycles. The number of alkyl halides is 1. The van der Waals surface area contributed by atoms with E-state index in [9.17, 15) is 0 Å². The lowest BCUT2D eigenvalue weighted by atomic mass is 9.89. The Morgan fingerprint density at radius 1 is 0.885 bits per heavy atom. The van der Waals surface area contributed by atoms with Crippen molar-refractivity contribution >= 4 is 0 Å². The molecule has 1 heterocycles. The first-order valence-electron chi connectivity index (χ1n) is 9.29. The highest BCUT2D eigenvalue weighted by atomic mass is 19.1. The minimum Gasteiger partial charge on any atom is -0.370 e. The third kappa shape index (κ3) is 4.70. The second-order valence-electron chi connectivity index (χ2n) is 6.81. The Hall–Kier alpha value is -1.75. The van der Waals surface area contributed by atoms with E-state index >= 15 is 4.39 Å². The lowest BCUT2D eigenvalue weighted by Gasteiger charge is -2.42. The quantitative estimate of drug-likeness (QED) is 0.705. The summed E-state index contributed by atoms with van der Waals surface area (Å²) in [7, 11) is 0. The highest BCUT2D eigenvalue weighted by Gasteiger charge is 2.45. The van der Waals surface area contributed by atoms with E-state index < -0.39 is 18.6 Å². The Morgan fingerprint density at radius 3 is 1.96 bits per heavy atom. The largest absolute Gasteiger partial charge is 0.370 e. The van der Waals surface area contributed by atoms with Crippen LogP contribution in [0.5, 0.6) is 0 Å². The van der Waals surface area contributed by atoms with E-state index in [1.165, 1.54) is 0 Å². The number of benzene rings is 2. The Kier molecular flexibility index (Phi) is 6.78. The molecule has 0 aromatic heterocycles. The van der Waals surface area contributed by atoms with Gasteiger partial charge in [0.15, 0.2) is 12.5 Å². The molecule has 1 fully saturated rings. The van der Waals surface area contributed by atoms with Crippen molar-refractivity contribution < 1.29 is 18.6 Å². The third-order valence-electron chi connectivity index (χ3n) is 4.93. The van der Waals surface area contributed by atoms with Crippen LogP contribution in [0.4, 0.5) is 4.39 Å². The van der Waals surface area contributed by atoms with Crippen molar-refractivity contribution in [3.05, 3.63) is 71.8 Å². The van der Waals surface area contributed by atoms with Gasteiger partial charge in [-0.15, -0.1) is 0 Å². The maximum Gasteiger partial charge on any atom is 0.192 e. The third-order valence-corrected chi connectivity index (χ3v) is 4.93. The van der Waals surface area contributed by atoms with Crippen molar-refractivity contribution in [1.82, 2.24) is 0 Å². The summed E-state index contributed by atoms with van der Waals surface area (Å²) in [6.45, 7) is 4.74. The van der Waals surface area contributed by atoms with Gasteiger partial charge in [-0.2, -0.15) is 0 Å². The van der Waals surface area contributed by atoms with Crippen LogP contribution in [0.3, 0.4) is 0 Å². The smallest absolute Gasteiger partial charge is 0.192 e. The van der Waals surface area contributed by atoms with Crippen molar-refractivity contribution in [3.8, 4) is 0 Å². The van der Waals surface area contributed by atoms with Crippen LogP contribution in [-0.4, -0.2) is 24.7 Å². The van der Waals surface area contributed by atoms with Gasteiger partial charge in [0.25, 0.3) is 0 Å². The second-order valence-corrected chi connectivity index (χ2v) is 6.81. The van der Waals surface area contributed by atoms with Crippen LogP contribution in [0, 0.1) is 5.92 Å². The van der Waals surface area contributed by atoms with Gasteiger partial charge in [0, 0.05) is 5.92 Å². The molecule has 2 aromatic carbocycles. The molecule has 3 nitrogen and oxygen atoms in total. The number of rotatable bonds is 7. The fourth-order valence-electron chi connectivity index (χ4n) is 3.39. The van der Waals surface area contributed by atoms with Gasteiger partial charge in [-0.3, -0.25) is 0 Å². The molecule has 0 bridgehead atoms. The highest BCUT2D eigenvalue weighted by molar-refractivity contribution is 5.14. The maximum absolute atomic E-state index is 15.1. The number of hydrogen-bond donors (Lipinski definition) is 0. The molecular formula is C22H27FO3. The SMILES string of the molecule is CC[C@H]1OC(OCc2ccccc2)[C@H](F)[C@@H](OCc2ccccc2)[C@@H]1C. The lowest BCUT2D eigenvalue weighted by Crippen LogP contribution is -2.53.